The molecule has 0 radical (unpaired) electrons. The maximum atomic E-state index is 12.8. The summed E-state index contributed by atoms with van der Waals surface area (Å²) in [5.74, 6) is 0.532. The van der Waals surface area contributed by atoms with E-state index in [1.54, 1.807) is 17.6 Å². The van der Waals surface area contributed by atoms with E-state index in [1.807, 2.05) is 6.07 Å². The van der Waals surface area contributed by atoms with Crippen LogP contribution in [-0.2, 0) is 4.79 Å². The molecule has 9 heteroatoms. The number of aryl methyl sites for hydroxylation is 1. The zero-order valence-electron chi connectivity index (χ0n) is 14.5. The molecule has 2 N–H and O–H groups in total. The van der Waals surface area contributed by atoms with Gasteiger partial charge in [0.25, 0.3) is 11.4 Å². The quantitative estimate of drug-likeness (QED) is 0.722. The van der Waals surface area contributed by atoms with Crippen LogP contribution in [0.15, 0.2) is 27.6 Å². The highest BCUT2D eigenvalue weighted by molar-refractivity contribution is 5.81. The average molecular weight is 359 g/mol. The molecule has 138 valence electrons. The van der Waals surface area contributed by atoms with Gasteiger partial charge in [0.1, 0.15) is 18.3 Å². The lowest BCUT2D eigenvalue weighted by atomic mass is 9.79. The summed E-state index contributed by atoms with van der Waals surface area (Å²) in [6, 6.07) is 4.72. The molecule has 2 aromatic heterocycles. The molecule has 26 heavy (non-hydrogen) atoms. The number of pyridine rings is 1. The van der Waals surface area contributed by atoms with Crippen molar-refractivity contribution in [2.75, 3.05) is 26.2 Å². The Kier molecular flexibility index (Phi) is 4.46. The molecule has 0 saturated carbocycles. The number of rotatable bonds is 5. The van der Waals surface area contributed by atoms with Gasteiger partial charge in [-0.3, -0.25) is 14.2 Å². The Morgan fingerprint density at radius 2 is 2.31 bits per heavy atom. The van der Waals surface area contributed by atoms with Crippen molar-refractivity contribution in [1.29, 1.82) is 0 Å². The van der Waals surface area contributed by atoms with Gasteiger partial charge >= 0.3 is 0 Å². The largest absolute Gasteiger partial charge is 0.472 e. The summed E-state index contributed by atoms with van der Waals surface area (Å²) in [6.07, 6.45) is 0.912. The van der Waals surface area contributed by atoms with Gasteiger partial charge < -0.3 is 15.4 Å². The molecule has 2 aliphatic heterocycles. The van der Waals surface area contributed by atoms with Crippen LogP contribution < -0.4 is 20.9 Å². The van der Waals surface area contributed by atoms with E-state index < -0.39 is 6.04 Å². The summed E-state index contributed by atoms with van der Waals surface area (Å²) in [6.45, 7) is 3.85. The fourth-order valence-corrected chi connectivity index (χ4v) is 3.91. The molecule has 4 heterocycles. The number of hydrogen-bond acceptors (Lipinski definition) is 7. The molecule has 2 aliphatic rings. The van der Waals surface area contributed by atoms with Crippen molar-refractivity contribution in [3.05, 3.63) is 39.9 Å². The number of aromatic nitrogens is 3. The average Bonchev–Trinajstić information content (AvgIpc) is 3.05. The van der Waals surface area contributed by atoms with E-state index in [0.717, 1.165) is 25.2 Å². The number of hydrogen-bond donors (Lipinski definition) is 2. The molecule has 0 aromatic carbocycles. The van der Waals surface area contributed by atoms with Gasteiger partial charge in [-0.2, -0.15) is 0 Å². The lowest BCUT2D eigenvalue weighted by Crippen LogP contribution is -2.52. The Morgan fingerprint density at radius 3 is 3.12 bits per heavy atom. The first-order valence-electron chi connectivity index (χ1n) is 8.77. The molecule has 0 aliphatic carbocycles. The molecular weight excluding hydrogens is 338 g/mol. The van der Waals surface area contributed by atoms with Crippen LogP contribution in [0.4, 0.5) is 0 Å². The number of piperidine rings is 1. The summed E-state index contributed by atoms with van der Waals surface area (Å²) in [5.41, 5.74) is 1.37. The highest BCUT2D eigenvalue weighted by Gasteiger charge is 2.41. The third-order valence-corrected chi connectivity index (χ3v) is 5.07. The van der Waals surface area contributed by atoms with E-state index in [0.29, 0.717) is 18.1 Å². The van der Waals surface area contributed by atoms with Crippen LogP contribution >= 0.6 is 0 Å². The standard InChI is InChI=1S/C17H21N5O4/c1-10-17(21-26-20-10)25-6-5-19-16(24)15-12-7-11(8-18-9-12)13-3-2-4-14(23)22(13)15/h2-4,11-12,15,18H,5-9H2,1H3,(H,19,24)/t11-,12+,15-/m1/s1. The Bertz CT molecular complexity index is 861. The van der Waals surface area contributed by atoms with E-state index in [1.165, 1.54) is 6.07 Å². The maximum Gasteiger partial charge on any atom is 0.278 e. The smallest absolute Gasteiger partial charge is 0.278 e. The lowest BCUT2D eigenvalue weighted by molar-refractivity contribution is -0.127. The van der Waals surface area contributed by atoms with Gasteiger partial charge in [0, 0.05) is 36.7 Å². The van der Waals surface area contributed by atoms with Crippen LogP contribution in [0.5, 0.6) is 5.88 Å². The summed E-state index contributed by atoms with van der Waals surface area (Å²) in [5, 5.41) is 13.5. The van der Waals surface area contributed by atoms with Crippen molar-refractivity contribution < 1.29 is 14.2 Å². The van der Waals surface area contributed by atoms with Crippen molar-refractivity contribution in [3.8, 4) is 5.88 Å². The SMILES string of the molecule is Cc1nonc1OCCNC(=O)[C@H]1[C@@H]2CNC[C@@H](C2)c2cccc(=O)n21. The molecule has 2 bridgehead atoms. The number of nitrogens with zero attached hydrogens (tertiary/aromatic N) is 3. The van der Waals surface area contributed by atoms with Gasteiger partial charge in [0.05, 0.1) is 6.54 Å². The van der Waals surface area contributed by atoms with Gasteiger partial charge in [0.2, 0.25) is 5.91 Å². The highest BCUT2D eigenvalue weighted by atomic mass is 16.6. The topological polar surface area (TPSA) is 111 Å². The molecule has 4 rings (SSSR count). The molecule has 1 saturated heterocycles. The molecule has 3 atom stereocenters. The van der Waals surface area contributed by atoms with Crippen molar-refractivity contribution in [3.63, 3.8) is 0 Å². The van der Waals surface area contributed by atoms with Gasteiger partial charge in [-0.05, 0) is 24.6 Å². The summed E-state index contributed by atoms with van der Waals surface area (Å²) < 4.78 is 11.7. The third-order valence-electron chi connectivity index (χ3n) is 5.07. The molecule has 1 amide bonds. The van der Waals surface area contributed by atoms with E-state index in [-0.39, 0.29) is 29.9 Å². The summed E-state index contributed by atoms with van der Waals surface area (Å²) >= 11 is 0. The van der Waals surface area contributed by atoms with Crippen LogP contribution in [0.2, 0.25) is 0 Å². The van der Waals surface area contributed by atoms with E-state index in [2.05, 4.69) is 25.6 Å². The Labute approximate surface area is 149 Å². The molecule has 2 aromatic rings. The minimum atomic E-state index is -0.502. The van der Waals surface area contributed by atoms with Crippen LogP contribution in [0, 0.1) is 12.8 Å². The van der Waals surface area contributed by atoms with E-state index in [9.17, 15) is 9.59 Å². The van der Waals surface area contributed by atoms with Crippen LogP contribution in [-0.4, -0.2) is 47.0 Å². The number of ether oxygens (including phenoxy) is 1. The minimum Gasteiger partial charge on any atom is -0.472 e. The first-order valence-corrected chi connectivity index (χ1v) is 8.77. The highest BCUT2D eigenvalue weighted by Crippen LogP contribution is 2.38. The van der Waals surface area contributed by atoms with Crippen molar-refractivity contribution in [1.82, 2.24) is 25.5 Å². The predicted octanol–water partition coefficient (Wildman–Crippen LogP) is -0.0173. The second-order valence-electron chi connectivity index (χ2n) is 6.75. The predicted molar refractivity (Wildman–Crippen MR) is 91.0 cm³/mol. The second kappa shape index (κ2) is 6.91. The van der Waals surface area contributed by atoms with Crippen LogP contribution in [0.1, 0.15) is 29.8 Å². The fraction of sp³-hybridized carbons (Fsp3) is 0.529. The zero-order chi connectivity index (χ0) is 18.1. The van der Waals surface area contributed by atoms with Crippen molar-refractivity contribution in [2.24, 2.45) is 5.92 Å². The van der Waals surface area contributed by atoms with Crippen LogP contribution in [0.25, 0.3) is 0 Å². The molecule has 0 spiro atoms. The summed E-state index contributed by atoms with van der Waals surface area (Å²) in [7, 11) is 0. The second-order valence-corrected chi connectivity index (χ2v) is 6.75. The lowest BCUT2D eigenvalue weighted by Gasteiger charge is -2.42. The number of nitrogens with one attached hydrogen (secondary N) is 2. The molecule has 0 unspecified atom stereocenters. The van der Waals surface area contributed by atoms with Crippen molar-refractivity contribution in [2.45, 2.75) is 25.3 Å². The zero-order valence-corrected chi connectivity index (χ0v) is 14.5. The van der Waals surface area contributed by atoms with E-state index >= 15 is 0 Å². The number of amides is 1. The summed E-state index contributed by atoms with van der Waals surface area (Å²) in [4.78, 5) is 25.3. The van der Waals surface area contributed by atoms with Crippen LogP contribution in [0.3, 0.4) is 0 Å². The van der Waals surface area contributed by atoms with Gasteiger partial charge in [-0.1, -0.05) is 11.2 Å². The fourth-order valence-electron chi connectivity index (χ4n) is 3.91. The van der Waals surface area contributed by atoms with Gasteiger partial charge in [-0.25, -0.2) is 4.63 Å². The first kappa shape index (κ1) is 16.8. The number of carbonyl (C=O) groups is 1. The first-order chi connectivity index (χ1) is 12.6. The Balaban J connectivity index is 1.46. The normalized spacial score (nSPS) is 24.0. The van der Waals surface area contributed by atoms with E-state index in [4.69, 9.17) is 4.74 Å². The minimum absolute atomic E-state index is 0.101. The molecule has 1 fully saturated rings. The van der Waals surface area contributed by atoms with Gasteiger partial charge in [0.15, 0.2) is 0 Å². The van der Waals surface area contributed by atoms with Crippen molar-refractivity contribution >= 4 is 5.91 Å². The van der Waals surface area contributed by atoms with Gasteiger partial charge in [-0.15, -0.1) is 0 Å². The molecular formula is C17H21N5O4. The monoisotopic (exact) mass is 359 g/mol. The maximum absolute atomic E-state index is 12.8. The third kappa shape index (κ3) is 2.98. The molecule has 9 nitrogen and oxygen atoms in total. The Hall–Kier alpha value is -2.68. The Morgan fingerprint density at radius 1 is 1.42 bits per heavy atom. The number of carbonyl (C=O) groups excluding carboxylic acids is 1. The number of fused-ring (bicyclic) bond motifs is 4.